The zero-order chi connectivity index (χ0) is 24.8. The predicted octanol–water partition coefficient (Wildman–Crippen LogP) is 2.55. The normalized spacial score (nSPS) is 19.6. The first-order valence-electron chi connectivity index (χ1n) is 11.9. The molecule has 2 N–H and O–H groups in total. The van der Waals surface area contributed by atoms with Crippen LogP contribution in [0, 0.1) is 0 Å². The van der Waals surface area contributed by atoms with Crippen LogP contribution in [0.2, 0.25) is 0 Å². The smallest absolute Gasteiger partial charge is 0.260 e. The van der Waals surface area contributed by atoms with Crippen LogP contribution in [-0.4, -0.2) is 78.1 Å². The zero-order valence-electron chi connectivity index (χ0n) is 20.2. The first kappa shape index (κ1) is 25.4. The van der Waals surface area contributed by atoms with E-state index in [0.29, 0.717) is 24.5 Å². The molecule has 2 aliphatic rings. The van der Waals surface area contributed by atoms with E-state index < -0.39 is 10.9 Å². The van der Waals surface area contributed by atoms with Gasteiger partial charge in [-0.3, -0.25) is 13.9 Å². The fourth-order valence-electron chi connectivity index (χ4n) is 4.65. The number of hydrogen-bond acceptors (Lipinski definition) is 8. The summed E-state index contributed by atoms with van der Waals surface area (Å²) in [4.78, 5) is 17.2. The van der Waals surface area contributed by atoms with Gasteiger partial charge in [0.25, 0.3) is 5.91 Å². The summed E-state index contributed by atoms with van der Waals surface area (Å²) in [5.74, 6) is 0.492. The number of aliphatic hydroxyl groups is 1. The van der Waals surface area contributed by atoms with Crippen molar-refractivity contribution < 1.29 is 23.0 Å². The Kier molecular flexibility index (Phi) is 8.61. The van der Waals surface area contributed by atoms with Crippen LogP contribution in [0.15, 0.2) is 46.8 Å². The molecule has 1 saturated heterocycles. The number of carbonyl (C=O) groups is 1. The number of anilines is 1. The molecule has 0 saturated carbocycles. The highest BCUT2D eigenvalue weighted by molar-refractivity contribution is 7.69. The Morgan fingerprint density at radius 2 is 2.11 bits per heavy atom. The number of nitrogens with zero attached hydrogens (tertiary/aromatic N) is 3. The second-order valence-electron chi connectivity index (χ2n) is 8.91. The average molecular weight is 503 g/mol. The minimum Gasteiger partial charge on any atom is -0.483 e. The number of hydrogen-bond donors (Lipinski definition) is 3. The van der Waals surface area contributed by atoms with E-state index in [-0.39, 0.29) is 24.7 Å². The van der Waals surface area contributed by atoms with Gasteiger partial charge in [0.1, 0.15) is 5.75 Å². The quantitative estimate of drug-likeness (QED) is 0.453. The summed E-state index contributed by atoms with van der Waals surface area (Å²) in [5.41, 5.74) is 3.32. The van der Waals surface area contributed by atoms with E-state index >= 15 is 0 Å². The number of thiol groups is 1. The first-order valence-corrected chi connectivity index (χ1v) is 13.1. The molecule has 2 unspecified atom stereocenters. The lowest BCUT2D eigenvalue weighted by Crippen LogP contribution is -2.41. The van der Waals surface area contributed by atoms with E-state index in [1.165, 1.54) is 7.11 Å². The molecular weight excluding hydrogens is 468 g/mol. The highest BCUT2D eigenvalue weighted by Crippen LogP contribution is 2.39. The van der Waals surface area contributed by atoms with Gasteiger partial charge < -0.3 is 20.1 Å². The monoisotopic (exact) mass is 502 g/mol. The Balaban J connectivity index is 1.49. The number of nitrogens with one attached hydrogen (secondary N) is 1. The third-order valence-electron chi connectivity index (χ3n) is 6.57. The van der Waals surface area contributed by atoms with Gasteiger partial charge in [-0.25, -0.2) is 4.21 Å². The number of likely N-dealkylation sites (N-methyl/N-ethyl adjacent to an activating group) is 1. The van der Waals surface area contributed by atoms with Gasteiger partial charge in [-0.15, -0.1) is 0 Å². The standard InChI is InChI=1S/C25H34N4O5S/c1-28(22(18-7-4-3-5-8-18)16-29-14-12-19(30)15-29)24(31)17-34-23-11-10-21(27-35(32)33-2)25-20(23)9-6-13-26-25/h3-5,7-8,10-11,19,22,26,30,35H,6,9,12-17H2,1-2H3/t19-,22?/m0/s1. The molecule has 10 heteroatoms. The number of amides is 1. The van der Waals surface area contributed by atoms with E-state index in [4.69, 9.17) is 8.92 Å². The largest absolute Gasteiger partial charge is 0.483 e. The van der Waals surface area contributed by atoms with Gasteiger partial charge in [-0.1, -0.05) is 30.3 Å². The van der Waals surface area contributed by atoms with Crippen LogP contribution in [0.25, 0.3) is 0 Å². The summed E-state index contributed by atoms with van der Waals surface area (Å²) >= 11 is 0. The van der Waals surface area contributed by atoms with Crippen molar-refractivity contribution in [1.29, 1.82) is 0 Å². The Morgan fingerprint density at radius 1 is 1.31 bits per heavy atom. The van der Waals surface area contributed by atoms with Crippen LogP contribution in [0.4, 0.5) is 11.4 Å². The Labute approximate surface area is 208 Å². The van der Waals surface area contributed by atoms with Crippen molar-refractivity contribution in [1.82, 2.24) is 9.80 Å². The van der Waals surface area contributed by atoms with E-state index in [2.05, 4.69) is 14.6 Å². The van der Waals surface area contributed by atoms with Gasteiger partial charge in [-0.05, 0) is 37.0 Å². The van der Waals surface area contributed by atoms with Crippen molar-refractivity contribution in [3.63, 3.8) is 0 Å². The fraction of sp³-hybridized carbons (Fsp3) is 0.480. The van der Waals surface area contributed by atoms with E-state index in [9.17, 15) is 14.1 Å². The van der Waals surface area contributed by atoms with Crippen molar-refractivity contribution in [2.24, 2.45) is 4.36 Å². The van der Waals surface area contributed by atoms with Crippen molar-refractivity contribution in [3.8, 4) is 5.75 Å². The van der Waals surface area contributed by atoms with Crippen molar-refractivity contribution in [2.45, 2.75) is 31.4 Å². The molecule has 1 fully saturated rings. The summed E-state index contributed by atoms with van der Waals surface area (Å²) in [7, 11) is 1.03. The summed E-state index contributed by atoms with van der Waals surface area (Å²) in [5, 5.41) is 13.3. The lowest BCUT2D eigenvalue weighted by molar-refractivity contribution is -0.134. The molecule has 2 aromatic rings. The van der Waals surface area contributed by atoms with Gasteiger partial charge in [0.2, 0.25) is 0 Å². The number of likely N-dealkylation sites (tertiary alicyclic amines) is 1. The number of benzene rings is 2. The SMILES string of the molecule is CO[SH](=O)=Nc1ccc(OCC(=O)N(C)C(CN2CC[C@H](O)C2)c2ccccc2)c2c1NCCC2. The number of fused-ring (bicyclic) bond motifs is 1. The third kappa shape index (κ3) is 6.32. The molecule has 35 heavy (non-hydrogen) atoms. The van der Waals surface area contributed by atoms with Crippen LogP contribution in [0.1, 0.15) is 30.0 Å². The molecule has 0 spiro atoms. The lowest BCUT2D eigenvalue weighted by Gasteiger charge is -2.32. The van der Waals surface area contributed by atoms with Crippen molar-refractivity contribution in [2.75, 3.05) is 52.3 Å². The molecule has 0 radical (unpaired) electrons. The Morgan fingerprint density at radius 3 is 2.83 bits per heavy atom. The molecule has 9 nitrogen and oxygen atoms in total. The molecular formula is C25H34N4O5S. The van der Waals surface area contributed by atoms with Gasteiger partial charge in [0.05, 0.1) is 30.6 Å². The second kappa shape index (κ2) is 11.9. The van der Waals surface area contributed by atoms with Crippen LogP contribution in [0.5, 0.6) is 5.75 Å². The highest BCUT2D eigenvalue weighted by atomic mass is 32.2. The minimum atomic E-state index is -2.13. The van der Waals surface area contributed by atoms with Crippen LogP contribution in [-0.2, 0) is 26.3 Å². The molecule has 0 bridgehead atoms. The fourth-order valence-corrected chi connectivity index (χ4v) is 5.08. The zero-order valence-corrected chi connectivity index (χ0v) is 21.1. The molecule has 2 aliphatic heterocycles. The van der Waals surface area contributed by atoms with Gasteiger partial charge in [-0.2, -0.15) is 4.36 Å². The Hall–Kier alpha value is -2.66. The van der Waals surface area contributed by atoms with Crippen molar-refractivity contribution >= 4 is 28.2 Å². The lowest BCUT2D eigenvalue weighted by atomic mass is 10.0. The molecule has 1 amide bonds. The molecule has 4 rings (SSSR count). The molecule has 2 heterocycles. The first-order chi connectivity index (χ1) is 17.0. The maximum atomic E-state index is 13.2. The molecule has 2 aromatic carbocycles. The minimum absolute atomic E-state index is 0.0995. The summed E-state index contributed by atoms with van der Waals surface area (Å²) in [6.07, 6.45) is 2.14. The van der Waals surface area contributed by atoms with E-state index in [0.717, 1.165) is 49.2 Å². The van der Waals surface area contributed by atoms with Crippen LogP contribution < -0.4 is 10.1 Å². The average Bonchev–Trinajstić information content (AvgIpc) is 3.31. The molecule has 3 atom stereocenters. The summed E-state index contributed by atoms with van der Waals surface area (Å²) in [6, 6.07) is 13.3. The maximum Gasteiger partial charge on any atom is 0.260 e. The summed E-state index contributed by atoms with van der Waals surface area (Å²) in [6.45, 7) is 2.77. The third-order valence-corrected chi connectivity index (χ3v) is 7.26. The number of carbonyl (C=O) groups excluding carboxylic acids is 1. The van der Waals surface area contributed by atoms with Crippen molar-refractivity contribution in [3.05, 3.63) is 53.6 Å². The topological polar surface area (TPSA) is 104 Å². The number of ether oxygens (including phenoxy) is 1. The number of rotatable bonds is 9. The van der Waals surface area contributed by atoms with E-state index in [1.54, 1.807) is 24.1 Å². The van der Waals surface area contributed by atoms with Gasteiger partial charge in [0.15, 0.2) is 17.5 Å². The molecule has 0 aromatic heterocycles. The Bertz CT molecular complexity index is 1110. The highest BCUT2D eigenvalue weighted by Gasteiger charge is 2.28. The van der Waals surface area contributed by atoms with Gasteiger partial charge in [0, 0.05) is 38.8 Å². The molecule has 0 aliphatic carbocycles. The van der Waals surface area contributed by atoms with E-state index in [1.807, 2.05) is 30.3 Å². The number of β-amino-alcohol motifs (C(OH)–C–C–N with tert-alkyl or cyclic N) is 1. The van der Waals surface area contributed by atoms with Gasteiger partial charge >= 0.3 is 0 Å². The molecule has 190 valence electrons. The van der Waals surface area contributed by atoms with Crippen LogP contribution in [0.3, 0.4) is 0 Å². The second-order valence-corrected chi connectivity index (χ2v) is 9.95. The predicted molar refractivity (Wildman–Crippen MR) is 136 cm³/mol. The maximum absolute atomic E-state index is 13.2. The van der Waals surface area contributed by atoms with Crippen LogP contribution >= 0.6 is 0 Å². The summed E-state index contributed by atoms with van der Waals surface area (Å²) < 4.78 is 26.8. The number of aliphatic hydroxyl groups excluding tert-OH is 1.